The molecule has 9 heteroatoms. The first-order chi connectivity index (χ1) is 9.35. The van der Waals surface area contributed by atoms with Gasteiger partial charge in [0.05, 0.1) is 21.6 Å². The van der Waals surface area contributed by atoms with Crippen LogP contribution in [0.2, 0.25) is 10.0 Å². The van der Waals surface area contributed by atoms with Crippen LogP contribution in [0.15, 0.2) is 12.1 Å². The Balaban J connectivity index is 2.44. The van der Waals surface area contributed by atoms with Crippen molar-refractivity contribution in [1.29, 1.82) is 0 Å². The van der Waals surface area contributed by atoms with Gasteiger partial charge in [0.15, 0.2) is 5.54 Å². The third-order valence-corrected chi connectivity index (χ3v) is 3.76. The Kier molecular flexibility index (Phi) is 4.03. The molecule has 0 bridgehead atoms. The largest absolute Gasteiger partial charge is 0.479 e. The summed E-state index contributed by atoms with van der Waals surface area (Å²) in [5.41, 5.74) is -1.74. The van der Waals surface area contributed by atoms with Gasteiger partial charge >= 0.3 is 5.97 Å². The summed E-state index contributed by atoms with van der Waals surface area (Å²) in [5.74, 6) is -1.14. The quantitative estimate of drug-likeness (QED) is 0.653. The fourth-order valence-corrected chi connectivity index (χ4v) is 2.25. The van der Waals surface area contributed by atoms with Crippen LogP contribution in [0.1, 0.15) is 6.42 Å². The summed E-state index contributed by atoms with van der Waals surface area (Å²) >= 11 is 11.6. The van der Waals surface area contributed by atoms with E-state index >= 15 is 0 Å². The zero-order valence-corrected chi connectivity index (χ0v) is 11.6. The number of nitrogens with one attached hydrogen (secondary N) is 1. The molecular formula is C11H10Cl2N2O5. The minimum absolute atomic E-state index is 0.00250. The molecule has 1 aromatic rings. The van der Waals surface area contributed by atoms with Gasteiger partial charge in [-0.1, -0.05) is 23.2 Å². The summed E-state index contributed by atoms with van der Waals surface area (Å²) < 4.78 is 5.08. The first-order valence-electron chi connectivity index (χ1n) is 5.58. The van der Waals surface area contributed by atoms with Gasteiger partial charge in [0, 0.05) is 19.1 Å². The number of hydrogen-bond acceptors (Lipinski definition) is 5. The lowest BCUT2D eigenvalue weighted by atomic mass is 9.98. The molecule has 7 nitrogen and oxygen atoms in total. The van der Waals surface area contributed by atoms with Crippen molar-refractivity contribution in [3.8, 4) is 0 Å². The predicted molar refractivity (Wildman–Crippen MR) is 72.5 cm³/mol. The molecule has 1 fully saturated rings. The van der Waals surface area contributed by atoms with E-state index in [0.29, 0.717) is 0 Å². The van der Waals surface area contributed by atoms with Crippen LogP contribution in [0.4, 0.5) is 11.4 Å². The van der Waals surface area contributed by atoms with E-state index in [0.717, 1.165) is 6.07 Å². The molecule has 2 N–H and O–H groups in total. The molecule has 1 aromatic carbocycles. The van der Waals surface area contributed by atoms with Gasteiger partial charge in [-0.3, -0.25) is 10.1 Å². The molecule has 0 radical (unpaired) electrons. The van der Waals surface area contributed by atoms with Crippen LogP contribution in [-0.2, 0) is 9.53 Å². The van der Waals surface area contributed by atoms with Crippen molar-refractivity contribution < 1.29 is 19.6 Å². The highest BCUT2D eigenvalue weighted by Gasteiger charge is 2.43. The Morgan fingerprint density at radius 2 is 2.10 bits per heavy atom. The second-order valence-corrected chi connectivity index (χ2v) is 5.17. The molecule has 1 saturated heterocycles. The van der Waals surface area contributed by atoms with Gasteiger partial charge in [0.25, 0.3) is 5.69 Å². The smallest absolute Gasteiger partial charge is 0.331 e. The van der Waals surface area contributed by atoms with Crippen LogP contribution in [0.3, 0.4) is 0 Å². The molecule has 0 aliphatic carbocycles. The number of nitrogens with zero attached hydrogens (tertiary/aromatic N) is 1. The van der Waals surface area contributed by atoms with Crippen molar-refractivity contribution in [2.45, 2.75) is 12.0 Å². The Morgan fingerprint density at radius 3 is 2.60 bits per heavy atom. The van der Waals surface area contributed by atoms with Crippen molar-refractivity contribution in [2.75, 3.05) is 18.5 Å². The third kappa shape index (κ3) is 2.65. The lowest BCUT2D eigenvalue weighted by Crippen LogP contribution is -2.47. The first kappa shape index (κ1) is 14.8. The first-order valence-corrected chi connectivity index (χ1v) is 6.34. The molecule has 0 saturated carbocycles. The molecular weight excluding hydrogens is 311 g/mol. The summed E-state index contributed by atoms with van der Waals surface area (Å²) in [6.45, 7) is 0.175. The van der Waals surface area contributed by atoms with Gasteiger partial charge in [0.1, 0.15) is 5.69 Å². The van der Waals surface area contributed by atoms with Crippen LogP contribution >= 0.6 is 23.2 Å². The van der Waals surface area contributed by atoms with E-state index in [2.05, 4.69) is 5.32 Å². The lowest BCUT2D eigenvalue weighted by Gasteiger charge is -2.25. The van der Waals surface area contributed by atoms with Gasteiger partial charge in [-0.15, -0.1) is 0 Å². The molecule has 20 heavy (non-hydrogen) atoms. The molecule has 108 valence electrons. The average molecular weight is 321 g/mol. The van der Waals surface area contributed by atoms with E-state index in [4.69, 9.17) is 27.9 Å². The zero-order chi connectivity index (χ0) is 14.9. The topological polar surface area (TPSA) is 102 Å². The normalized spacial score (nSPS) is 21.7. The number of carboxylic acid groups (broad SMARTS) is 1. The minimum Gasteiger partial charge on any atom is -0.479 e. The second-order valence-electron chi connectivity index (χ2n) is 4.36. The Hall–Kier alpha value is -1.57. The highest BCUT2D eigenvalue weighted by atomic mass is 35.5. The number of ether oxygens (including phenoxy) is 1. The van der Waals surface area contributed by atoms with Gasteiger partial charge in [0.2, 0.25) is 0 Å². The van der Waals surface area contributed by atoms with Crippen LogP contribution in [-0.4, -0.2) is 34.8 Å². The maximum absolute atomic E-state index is 11.4. The van der Waals surface area contributed by atoms with E-state index in [1.54, 1.807) is 0 Å². The molecule has 1 aliphatic heterocycles. The second kappa shape index (κ2) is 5.43. The van der Waals surface area contributed by atoms with Gasteiger partial charge in [-0.25, -0.2) is 4.79 Å². The SMILES string of the molecule is O=C(O)C1(Nc2cc(Cl)c(Cl)cc2[N+](=O)[O-])CCOC1. The Morgan fingerprint density at radius 1 is 1.45 bits per heavy atom. The number of anilines is 1. The number of nitro groups is 1. The monoisotopic (exact) mass is 320 g/mol. The number of rotatable bonds is 4. The molecule has 0 aromatic heterocycles. The van der Waals surface area contributed by atoms with Gasteiger partial charge < -0.3 is 15.2 Å². The van der Waals surface area contributed by atoms with Crippen molar-refractivity contribution in [1.82, 2.24) is 0 Å². The lowest BCUT2D eigenvalue weighted by molar-refractivity contribution is -0.384. The van der Waals surface area contributed by atoms with Gasteiger partial charge in [-0.05, 0) is 6.07 Å². The highest BCUT2D eigenvalue weighted by molar-refractivity contribution is 6.42. The number of halogens is 2. The minimum atomic E-state index is -1.40. The van der Waals surface area contributed by atoms with Crippen LogP contribution in [0.25, 0.3) is 0 Å². The standard InChI is InChI=1S/C11H10Cl2N2O5/c12-6-3-8(9(15(18)19)4-7(6)13)14-11(10(16)17)1-2-20-5-11/h3-4,14H,1-2,5H2,(H,16,17). The predicted octanol–water partition coefficient (Wildman–Crippen LogP) is 2.56. The van der Waals surface area contributed by atoms with E-state index in [1.165, 1.54) is 6.07 Å². The molecule has 1 aliphatic rings. The average Bonchev–Trinajstić information content (AvgIpc) is 2.83. The number of hydrogen-bond donors (Lipinski definition) is 2. The summed E-state index contributed by atoms with van der Waals surface area (Å²) in [5, 5.41) is 23.1. The van der Waals surface area contributed by atoms with E-state index in [-0.39, 0.29) is 41.1 Å². The number of benzene rings is 1. The maximum Gasteiger partial charge on any atom is 0.331 e. The summed E-state index contributed by atoms with van der Waals surface area (Å²) in [6.07, 6.45) is 0.194. The van der Waals surface area contributed by atoms with Crippen LogP contribution in [0, 0.1) is 10.1 Å². The molecule has 1 heterocycles. The van der Waals surface area contributed by atoms with Crippen LogP contribution in [0.5, 0.6) is 0 Å². The van der Waals surface area contributed by atoms with Gasteiger partial charge in [-0.2, -0.15) is 0 Å². The molecule has 1 unspecified atom stereocenters. The van der Waals surface area contributed by atoms with Crippen molar-refractivity contribution in [3.63, 3.8) is 0 Å². The molecule has 0 amide bonds. The van der Waals surface area contributed by atoms with Crippen LogP contribution < -0.4 is 5.32 Å². The number of aliphatic carboxylic acids is 1. The fraction of sp³-hybridized carbons (Fsp3) is 0.364. The van der Waals surface area contributed by atoms with E-state index < -0.39 is 16.4 Å². The third-order valence-electron chi connectivity index (χ3n) is 3.04. The molecule has 0 spiro atoms. The number of carboxylic acids is 1. The number of nitro benzene ring substituents is 1. The summed E-state index contributed by atoms with van der Waals surface area (Å²) in [4.78, 5) is 21.8. The van der Waals surface area contributed by atoms with E-state index in [9.17, 15) is 20.0 Å². The van der Waals surface area contributed by atoms with E-state index in [1.807, 2.05) is 0 Å². The van der Waals surface area contributed by atoms with Crippen molar-refractivity contribution >= 4 is 40.5 Å². The summed E-state index contributed by atoms with van der Waals surface area (Å²) in [7, 11) is 0. The molecule has 1 atom stereocenters. The number of carbonyl (C=O) groups is 1. The van der Waals surface area contributed by atoms with Crippen molar-refractivity contribution in [3.05, 3.63) is 32.3 Å². The highest BCUT2D eigenvalue weighted by Crippen LogP contribution is 2.36. The maximum atomic E-state index is 11.4. The fourth-order valence-electron chi connectivity index (χ4n) is 1.93. The summed E-state index contributed by atoms with van der Waals surface area (Å²) in [6, 6.07) is 2.32. The van der Waals surface area contributed by atoms with Crippen molar-refractivity contribution in [2.24, 2.45) is 0 Å². The zero-order valence-electron chi connectivity index (χ0n) is 10.1. The Bertz CT molecular complexity index is 572. The Labute approximate surface area is 123 Å². The molecule has 2 rings (SSSR count).